The van der Waals surface area contributed by atoms with Gasteiger partial charge in [0.2, 0.25) is 5.91 Å². The molecule has 1 unspecified atom stereocenters. The molecule has 0 saturated carbocycles. The molecule has 154 valence electrons. The maximum Gasteiger partial charge on any atom is 0.238 e. The van der Waals surface area contributed by atoms with E-state index in [-0.39, 0.29) is 11.9 Å². The zero-order chi connectivity index (χ0) is 20.4. The summed E-state index contributed by atoms with van der Waals surface area (Å²) in [7, 11) is 0. The molecule has 2 aromatic carbocycles. The van der Waals surface area contributed by atoms with Gasteiger partial charge >= 0.3 is 0 Å². The first kappa shape index (κ1) is 19.8. The van der Waals surface area contributed by atoms with Crippen LogP contribution in [0, 0.1) is 20.8 Å². The Balaban J connectivity index is 1.46. The third kappa shape index (κ3) is 4.40. The lowest BCUT2D eigenvalue weighted by Gasteiger charge is -2.25. The Morgan fingerprint density at radius 3 is 2.52 bits per heavy atom. The van der Waals surface area contributed by atoms with Crippen molar-refractivity contribution in [1.29, 1.82) is 0 Å². The van der Waals surface area contributed by atoms with Gasteiger partial charge in [0.1, 0.15) is 0 Å². The summed E-state index contributed by atoms with van der Waals surface area (Å²) in [5, 5.41) is 3.14. The van der Waals surface area contributed by atoms with E-state index in [0.717, 1.165) is 54.1 Å². The molecule has 5 nitrogen and oxygen atoms in total. The third-order valence-electron chi connectivity index (χ3n) is 5.81. The Labute approximate surface area is 173 Å². The number of aryl methyl sites for hydroxylation is 3. The van der Waals surface area contributed by atoms with Gasteiger partial charge < -0.3 is 14.8 Å². The third-order valence-corrected chi connectivity index (χ3v) is 5.81. The number of hydrogen-bond acceptors (Lipinski definition) is 4. The van der Waals surface area contributed by atoms with Crippen molar-refractivity contribution in [2.24, 2.45) is 0 Å². The van der Waals surface area contributed by atoms with Crippen molar-refractivity contribution in [3.63, 3.8) is 0 Å². The minimum absolute atomic E-state index is 0.0429. The first-order chi connectivity index (χ1) is 14.0. The Hall–Kier alpha value is -2.53. The Morgan fingerprint density at radius 2 is 1.76 bits per heavy atom. The van der Waals surface area contributed by atoms with Crippen LogP contribution in [0.3, 0.4) is 0 Å². The molecule has 0 aliphatic carbocycles. The molecule has 0 aromatic heterocycles. The summed E-state index contributed by atoms with van der Waals surface area (Å²) in [6.45, 7) is 8.88. The van der Waals surface area contributed by atoms with Gasteiger partial charge in [-0.2, -0.15) is 0 Å². The summed E-state index contributed by atoms with van der Waals surface area (Å²) in [6, 6.07) is 10.7. The number of likely N-dealkylation sites (tertiary alicyclic amines) is 1. The largest absolute Gasteiger partial charge is 0.490 e. The zero-order valence-corrected chi connectivity index (χ0v) is 17.6. The predicted octanol–water partition coefficient (Wildman–Crippen LogP) is 4.55. The van der Waals surface area contributed by atoms with Crippen molar-refractivity contribution < 1.29 is 14.3 Å². The lowest BCUT2D eigenvalue weighted by molar-refractivity contribution is -0.117. The number of fused-ring (bicyclic) bond motifs is 1. The van der Waals surface area contributed by atoms with E-state index in [1.165, 1.54) is 11.1 Å². The van der Waals surface area contributed by atoms with Crippen molar-refractivity contribution in [2.75, 3.05) is 31.6 Å². The van der Waals surface area contributed by atoms with Crippen LogP contribution in [-0.4, -0.2) is 37.1 Å². The molecule has 1 amide bonds. The van der Waals surface area contributed by atoms with Crippen LogP contribution in [0.2, 0.25) is 0 Å². The topological polar surface area (TPSA) is 50.8 Å². The Kier molecular flexibility index (Phi) is 5.76. The van der Waals surface area contributed by atoms with Crippen molar-refractivity contribution >= 4 is 11.6 Å². The maximum absolute atomic E-state index is 12.8. The standard InChI is InChI=1S/C24H30N2O3/c1-16-12-17(2)24(18(3)13-16)25-23(27)15-26-9-4-6-20(26)19-7-8-21-22(14-19)29-11-5-10-28-21/h7-8,12-14,20H,4-6,9-11,15H2,1-3H3,(H,25,27). The van der Waals surface area contributed by atoms with Gasteiger partial charge in [-0.15, -0.1) is 0 Å². The molecule has 1 N–H and O–H groups in total. The smallest absolute Gasteiger partial charge is 0.238 e. The lowest BCUT2D eigenvalue weighted by Crippen LogP contribution is -2.33. The highest BCUT2D eigenvalue weighted by Gasteiger charge is 2.28. The molecular formula is C24H30N2O3. The number of ether oxygens (including phenoxy) is 2. The first-order valence-electron chi connectivity index (χ1n) is 10.5. The van der Waals surface area contributed by atoms with E-state index in [1.807, 2.05) is 19.9 Å². The van der Waals surface area contributed by atoms with Crippen molar-refractivity contribution in [3.8, 4) is 11.5 Å². The number of rotatable bonds is 4. The van der Waals surface area contributed by atoms with Crippen LogP contribution < -0.4 is 14.8 Å². The number of carbonyl (C=O) groups is 1. The summed E-state index contributed by atoms with van der Waals surface area (Å²) in [6.07, 6.45) is 3.04. The van der Waals surface area contributed by atoms with E-state index in [2.05, 4.69) is 41.4 Å². The van der Waals surface area contributed by atoms with Crippen LogP contribution in [0.25, 0.3) is 0 Å². The minimum atomic E-state index is 0.0429. The molecule has 1 atom stereocenters. The molecule has 1 fully saturated rings. The van der Waals surface area contributed by atoms with Crippen molar-refractivity contribution in [2.45, 2.75) is 46.1 Å². The van der Waals surface area contributed by atoms with Crippen molar-refractivity contribution in [3.05, 3.63) is 52.6 Å². The molecule has 2 aliphatic heterocycles. The summed E-state index contributed by atoms with van der Waals surface area (Å²) in [5.74, 6) is 1.68. The minimum Gasteiger partial charge on any atom is -0.490 e. The fraction of sp³-hybridized carbons (Fsp3) is 0.458. The summed E-state index contributed by atoms with van der Waals surface area (Å²) >= 11 is 0. The van der Waals surface area contributed by atoms with Gasteiger partial charge in [-0.25, -0.2) is 0 Å². The van der Waals surface area contributed by atoms with Gasteiger partial charge in [-0.05, 0) is 69.0 Å². The zero-order valence-electron chi connectivity index (χ0n) is 17.6. The Morgan fingerprint density at radius 1 is 1.03 bits per heavy atom. The number of benzene rings is 2. The first-order valence-corrected chi connectivity index (χ1v) is 10.5. The molecule has 29 heavy (non-hydrogen) atoms. The van der Waals surface area contributed by atoms with Gasteiger partial charge in [0.05, 0.1) is 19.8 Å². The highest BCUT2D eigenvalue weighted by Crippen LogP contribution is 2.37. The fourth-order valence-corrected chi connectivity index (χ4v) is 4.52. The van der Waals surface area contributed by atoms with Crippen LogP contribution in [0.1, 0.15) is 47.6 Å². The van der Waals surface area contributed by atoms with Gasteiger partial charge in [0.25, 0.3) is 0 Å². The number of nitrogens with one attached hydrogen (secondary N) is 1. The second-order valence-corrected chi connectivity index (χ2v) is 8.21. The lowest BCUT2D eigenvalue weighted by atomic mass is 10.0. The molecule has 0 spiro atoms. The van der Waals surface area contributed by atoms with Crippen LogP contribution >= 0.6 is 0 Å². The summed E-state index contributed by atoms with van der Waals surface area (Å²) < 4.78 is 11.6. The predicted molar refractivity (Wildman–Crippen MR) is 115 cm³/mol. The summed E-state index contributed by atoms with van der Waals surface area (Å²) in [5.41, 5.74) is 5.56. The molecule has 1 saturated heterocycles. The highest BCUT2D eigenvalue weighted by molar-refractivity contribution is 5.93. The summed E-state index contributed by atoms with van der Waals surface area (Å²) in [4.78, 5) is 15.1. The molecule has 2 aliphatic rings. The quantitative estimate of drug-likeness (QED) is 0.827. The van der Waals surface area contributed by atoms with Crippen LogP contribution in [0.15, 0.2) is 30.3 Å². The molecule has 2 heterocycles. The fourth-order valence-electron chi connectivity index (χ4n) is 4.52. The van der Waals surface area contributed by atoms with E-state index in [1.54, 1.807) is 0 Å². The maximum atomic E-state index is 12.8. The van der Waals surface area contributed by atoms with E-state index < -0.39 is 0 Å². The van der Waals surface area contributed by atoms with E-state index >= 15 is 0 Å². The molecule has 0 radical (unpaired) electrons. The number of amides is 1. The average Bonchev–Trinajstić information content (AvgIpc) is 3.00. The normalized spacial score (nSPS) is 19.1. The van der Waals surface area contributed by atoms with Crippen LogP contribution in [0.4, 0.5) is 5.69 Å². The second kappa shape index (κ2) is 8.46. The Bertz CT molecular complexity index is 886. The SMILES string of the molecule is Cc1cc(C)c(NC(=O)CN2CCCC2c2ccc3c(c2)OCCCO3)c(C)c1. The number of hydrogen-bond donors (Lipinski definition) is 1. The van der Waals surface area contributed by atoms with Gasteiger partial charge in [-0.3, -0.25) is 9.69 Å². The highest BCUT2D eigenvalue weighted by atomic mass is 16.5. The number of nitrogens with zero attached hydrogens (tertiary/aromatic N) is 1. The molecule has 0 bridgehead atoms. The molecule has 5 heteroatoms. The molecule has 2 aromatic rings. The van der Waals surface area contributed by atoms with E-state index in [9.17, 15) is 4.79 Å². The van der Waals surface area contributed by atoms with Gasteiger partial charge in [0.15, 0.2) is 11.5 Å². The van der Waals surface area contributed by atoms with Gasteiger partial charge in [0, 0.05) is 18.2 Å². The van der Waals surface area contributed by atoms with Gasteiger partial charge in [-0.1, -0.05) is 23.8 Å². The second-order valence-electron chi connectivity index (χ2n) is 8.21. The monoisotopic (exact) mass is 394 g/mol. The molecule has 4 rings (SSSR count). The number of anilines is 1. The number of carbonyl (C=O) groups excluding carboxylic acids is 1. The van der Waals surface area contributed by atoms with Crippen LogP contribution in [0.5, 0.6) is 11.5 Å². The van der Waals surface area contributed by atoms with E-state index in [4.69, 9.17) is 9.47 Å². The van der Waals surface area contributed by atoms with Crippen molar-refractivity contribution in [1.82, 2.24) is 4.90 Å². The molecular weight excluding hydrogens is 364 g/mol. The van der Waals surface area contributed by atoms with E-state index in [0.29, 0.717) is 19.8 Å². The average molecular weight is 395 g/mol. The van der Waals surface area contributed by atoms with Crippen LogP contribution in [-0.2, 0) is 4.79 Å².